The minimum atomic E-state index is -4.43. The molecule has 3 rings (SSSR count). The summed E-state index contributed by atoms with van der Waals surface area (Å²) in [6, 6.07) is 7.84. The SMILES string of the molecule is Cn1c(-c2ccc(=O)n(Cc3cccc(C(F)(F)F)c3)c2)n[nH]c1=S. The molecule has 0 aliphatic heterocycles. The second kappa shape index (κ2) is 6.32. The fourth-order valence-corrected chi connectivity index (χ4v) is 2.57. The van der Waals surface area contributed by atoms with E-state index in [1.807, 2.05) is 0 Å². The number of rotatable bonds is 3. The van der Waals surface area contributed by atoms with Gasteiger partial charge in [0, 0.05) is 24.9 Å². The van der Waals surface area contributed by atoms with Gasteiger partial charge in [0.15, 0.2) is 10.6 Å². The van der Waals surface area contributed by atoms with Crippen LogP contribution in [-0.2, 0) is 19.8 Å². The summed E-state index contributed by atoms with van der Waals surface area (Å²) in [4.78, 5) is 12.1. The van der Waals surface area contributed by atoms with E-state index in [1.54, 1.807) is 29.9 Å². The molecule has 1 aromatic carbocycles. The first-order valence-corrected chi connectivity index (χ1v) is 7.65. The lowest BCUT2D eigenvalue weighted by Gasteiger charge is -2.11. The first-order chi connectivity index (χ1) is 11.8. The van der Waals surface area contributed by atoms with E-state index in [-0.39, 0.29) is 12.1 Å². The number of H-pyrrole nitrogens is 1. The van der Waals surface area contributed by atoms with Gasteiger partial charge < -0.3 is 9.13 Å². The van der Waals surface area contributed by atoms with Gasteiger partial charge in [-0.2, -0.15) is 18.3 Å². The van der Waals surface area contributed by atoms with Crippen LogP contribution in [0.1, 0.15) is 11.1 Å². The zero-order chi connectivity index (χ0) is 18.2. The molecule has 0 saturated carbocycles. The number of hydrogen-bond donors (Lipinski definition) is 1. The van der Waals surface area contributed by atoms with Gasteiger partial charge in [0.25, 0.3) is 5.56 Å². The highest BCUT2D eigenvalue weighted by Crippen LogP contribution is 2.29. The Labute approximate surface area is 145 Å². The van der Waals surface area contributed by atoms with Crippen molar-refractivity contribution in [2.24, 2.45) is 7.05 Å². The Hall–Kier alpha value is -2.68. The van der Waals surface area contributed by atoms with Gasteiger partial charge in [0.1, 0.15) is 0 Å². The largest absolute Gasteiger partial charge is 0.416 e. The zero-order valence-corrected chi connectivity index (χ0v) is 13.9. The molecule has 0 amide bonds. The van der Waals surface area contributed by atoms with Crippen LogP contribution in [0.2, 0.25) is 0 Å². The van der Waals surface area contributed by atoms with Gasteiger partial charge in [-0.1, -0.05) is 12.1 Å². The van der Waals surface area contributed by atoms with Crippen LogP contribution in [0, 0.1) is 4.77 Å². The third-order valence-electron chi connectivity index (χ3n) is 3.73. The first-order valence-electron chi connectivity index (χ1n) is 7.24. The summed E-state index contributed by atoms with van der Waals surface area (Å²) < 4.78 is 41.9. The summed E-state index contributed by atoms with van der Waals surface area (Å²) in [5.41, 5.74) is -0.0625. The monoisotopic (exact) mass is 366 g/mol. The molecular formula is C16H13F3N4OS. The van der Waals surface area contributed by atoms with Crippen molar-refractivity contribution in [3.8, 4) is 11.4 Å². The van der Waals surface area contributed by atoms with Crippen molar-refractivity contribution in [2.45, 2.75) is 12.7 Å². The first kappa shape index (κ1) is 17.2. The second-order valence-electron chi connectivity index (χ2n) is 5.49. The molecule has 25 heavy (non-hydrogen) atoms. The maximum Gasteiger partial charge on any atom is 0.416 e. The van der Waals surface area contributed by atoms with Crippen LogP contribution in [0.15, 0.2) is 47.4 Å². The van der Waals surface area contributed by atoms with Gasteiger partial charge in [-0.3, -0.25) is 9.89 Å². The Morgan fingerprint density at radius 2 is 2.00 bits per heavy atom. The number of aromatic amines is 1. The molecule has 130 valence electrons. The van der Waals surface area contributed by atoms with Gasteiger partial charge in [-0.05, 0) is 36.0 Å². The molecular weight excluding hydrogens is 353 g/mol. The highest BCUT2D eigenvalue weighted by Gasteiger charge is 2.30. The molecule has 0 aliphatic rings. The van der Waals surface area contributed by atoms with E-state index in [0.717, 1.165) is 12.1 Å². The van der Waals surface area contributed by atoms with E-state index in [1.165, 1.54) is 16.7 Å². The lowest BCUT2D eigenvalue weighted by molar-refractivity contribution is -0.137. The van der Waals surface area contributed by atoms with Crippen molar-refractivity contribution in [3.63, 3.8) is 0 Å². The Morgan fingerprint density at radius 3 is 2.64 bits per heavy atom. The number of halogens is 3. The van der Waals surface area contributed by atoms with Crippen LogP contribution in [0.25, 0.3) is 11.4 Å². The van der Waals surface area contributed by atoms with E-state index in [9.17, 15) is 18.0 Å². The van der Waals surface area contributed by atoms with Crippen LogP contribution in [0.4, 0.5) is 13.2 Å². The minimum Gasteiger partial charge on any atom is -0.310 e. The summed E-state index contributed by atoms with van der Waals surface area (Å²) in [5.74, 6) is 0.530. The normalized spacial score (nSPS) is 11.7. The molecule has 3 aromatic rings. The molecule has 5 nitrogen and oxygen atoms in total. The molecule has 0 bridgehead atoms. The van der Waals surface area contributed by atoms with E-state index in [4.69, 9.17) is 12.2 Å². The van der Waals surface area contributed by atoms with Crippen molar-refractivity contribution >= 4 is 12.2 Å². The smallest absolute Gasteiger partial charge is 0.310 e. The van der Waals surface area contributed by atoms with E-state index >= 15 is 0 Å². The van der Waals surface area contributed by atoms with Crippen LogP contribution in [-0.4, -0.2) is 19.3 Å². The molecule has 0 spiro atoms. The third-order valence-corrected chi connectivity index (χ3v) is 4.09. The molecule has 9 heteroatoms. The highest BCUT2D eigenvalue weighted by atomic mass is 32.1. The Kier molecular flexibility index (Phi) is 4.34. The predicted octanol–water partition coefficient (Wildman–Crippen LogP) is 3.37. The van der Waals surface area contributed by atoms with Gasteiger partial charge in [-0.25, -0.2) is 0 Å². The highest BCUT2D eigenvalue weighted by molar-refractivity contribution is 7.71. The number of aromatic nitrogens is 4. The molecule has 0 atom stereocenters. The average molecular weight is 366 g/mol. The average Bonchev–Trinajstić information content (AvgIpc) is 2.89. The Balaban J connectivity index is 1.99. The topological polar surface area (TPSA) is 55.6 Å². The summed E-state index contributed by atoms with van der Waals surface area (Å²) in [6.07, 6.45) is -2.88. The zero-order valence-electron chi connectivity index (χ0n) is 13.0. The van der Waals surface area contributed by atoms with E-state index < -0.39 is 11.7 Å². The fraction of sp³-hybridized carbons (Fsp3) is 0.188. The number of nitrogens with one attached hydrogen (secondary N) is 1. The Bertz CT molecular complexity index is 1030. The molecule has 0 saturated heterocycles. The lowest BCUT2D eigenvalue weighted by atomic mass is 10.1. The van der Waals surface area contributed by atoms with Crippen molar-refractivity contribution in [1.29, 1.82) is 0 Å². The fourth-order valence-electron chi connectivity index (χ4n) is 2.44. The Morgan fingerprint density at radius 1 is 1.24 bits per heavy atom. The molecule has 0 aliphatic carbocycles. The van der Waals surface area contributed by atoms with Gasteiger partial charge in [-0.15, -0.1) is 0 Å². The van der Waals surface area contributed by atoms with Gasteiger partial charge >= 0.3 is 6.18 Å². The van der Waals surface area contributed by atoms with Crippen molar-refractivity contribution in [2.75, 3.05) is 0 Å². The minimum absolute atomic E-state index is 0.0193. The molecule has 1 N–H and O–H groups in total. The van der Waals surface area contributed by atoms with Crippen LogP contribution in [0.5, 0.6) is 0 Å². The summed E-state index contributed by atoms with van der Waals surface area (Å²) >= 11 is 5.06. The van der Waals surface area contributed by atoms with E-state index in [2.05, 4.69) is 10.2 Å². The standard InChI is InChI=1S/C16H13F3N4OS/c1-22-14(20-21-15(22)25)11-5-6-13(24)23(9-11)8-10-3-2-4-12(7-10)16(17,18)19/h2-7,9H,8H2,1H3,(H,21,25). The third kappa shape index (κ3) is 3.55. The number of hydrogen-bond acceptors (Lipinski definition) is 3. The number of alkyl halides is 3. The van der Waals surface area contributed by atoms with Gasteiger partial charge in [0.2, 0.25) is 0 Å². The molecule has 0 radical (unpaired) electrons. The molecule has 0 unspecified atom stereocenters. The molecule has 2 heterocycles. The van der Waals surface area contributed by atoms with Crippen LogP contribution in [0.3, 0.4) is 0 Å². The number of pyridine rings is 1. The number of benzene rings is 1. The second-order valence-corrected chi connectivity index (χ2v) is 5.88. The van der Waals surface area contributed by atoms with Crippen molar-refractivity contribution < 1.29 is 13.2 Å². The summed E-state index contributed by atoms with van der Waals surface area (Å²) in [5, 5.41) is 6.74. The van der Waals surface area contributed by atoms with E-state index in [0.29, 0.717) is 21.7 Å². The predicted molar refractivity (Wildman–Crippen MR) is 88.6 cm³/mol. The quantitative estimate of drug-likeness (QED) is 0.723. The van der Waals surface area contributed by atoms with Crippen LogP contribution < -0.4 is 5.56 Å². The summed E-state index contributed by atoms with van der Waals surface area (Å²) in [7, 11) is 1.73. The molecule has 2 aromatic heterocycles. The number of nitrogens with zero attached hydrogens (tertiary/aromatic N) is 3. The molecule has 0 fully saturated rings. The maximum absolute atomic E-state index is 12.8. The van der Waals surface area contributed by atoms with Crippen molar-refractivity contribution in [1.82, 2.24) is 19.3 Å². The lowest BCUT2D eigenvalue weighted by Crippen LogP contribution is -2.19. The summed E-state index contributed by atoms with van der Waals surface area (Å²) in [6.45, 7) is 0.0193. The van der Waals surface area contributed by atoms with Crippen LogP contribution >= 0.6 is 12.2 Å². The van der Waals surface area contributed by atoms with Gasteiger partial charge in [0.05, 0.1) is 12.1 Å². The maximum atomic E-state index is 12.8. The van der Waals surface area contributed by atoms with Crippen molar-refractivity contribution in [3.05, 3.63) is 68.8 Å².